The first kappa shape index (κ1) is 7.58. The van der Waals surface area contributed by atoms with Gasteiger partial charge >= 0.3 is 0 Å². The second-order valence-corrected chi connectivity index (χ2v) is 2.90. The Hall–Kier alpha value is -0.530. The molecule has 0 saturated carbocycles. The summed E-state index contributed by atoms with van der Waals surface area (Å²) in [5, 5.41) is 6.45. The number of rotatable bonds is 3. The van der Waals surface area contributed by atoms with Crippen LogP contribution >= 0.6 is 0 Å². The maximum atomic E-state index is 4.26. The van der Waals surface area contributed by atoms with E-state index >= 15 is 0 Å². The van der Waals surface area contributed by atoms with Crippen molar-refractivity contribution in [2.75, 3.05) is 6.54 Å². The van der Waals surface area contributed by atoms with Crippen molar-refractivity contribution in [3.63, 3.8) is 0 Å². The van der Waals surface area contributed by atoms with Gasteiger partial charge in [0.1, 0.15) is 0 Å². The molecule has 58 valence electrons. The Kier molecular flexibility index (Phi) is 2.72. The van der Waals surface area contributed by atoms with E-state index in [1.807, 2.05) is 6.21 Å². The van der Waals surface area contributed by atoms with Gasteiger partial charge in [0, 0.05) is 25.2 Å². The third-order valence-electron chi connectivity index (χ3n) is 1.93. The molecule has 1 aliphatic rings. The van der Waals surface area contributed by atoms with Crippen molar-refractivity contribution >= 4 is 6.21 Å². The van der Waals surface area contributed by atoms with Gasteiger partial charge < -0.3 is 0 Å². The Bertz CT molecular complexity index is 120. The molecule has 0 aromatic heterocycles. The molecule has 1 unspecified atom stereocenters. The lowest BCUT2D eigenvalue weighted by atomic mass is 10.2. The lowest BCUT2D eigenvalue weighted by Gasteiger charge is -2.19. The molecule has 2 heteroatoms. The predicted molar refractivity (Wildman–Crippen MR) is 44.2 cm³/mol. The van der Waals surface area contributed by atoms with Gasteiger partial charge in [0.05, 0.1) is 0 Å². The zero-order valence-electron chi connectivity index (χ0n) is 6.88. The fourth-order valence-corrected chi connectivity index (χ4v) is 1.14. The topological polar surface area (TPSA) is 15.6 Å². The fraction of sp³-hybridized carbons (Fsp3) is 0.875. The van der Waals surface area contributed by atoms with Crippen LogP contribution in [0.25, 0.3) is 0 Å². The van der Waals surface area contributed by atoms with E-state index in [-0.39, 0.29) is 0 Å². The largest absolute Gasteiger partial charge is 0.294 e. The first-order chi connectivity index (χ1) is 4.84. The summed E-state index contributed by atoms with van der Waals surface area (Å²) in [5.41, 5.74) is 0. The average Bonchev–Trinajstić information content (AvgIpc) is 2.31. The molecule has 0 N–H and O–H groups in total. The van der Waals surface area contributed by atoms with Crippen molar-refractivity contribution in [2.45, 2.75) is 39.2 Å². The van der Waals surface area contributed by atoms with E-state index in [2.05, 4.69) is 24.0 Å². The smallest absolute Gasteiger partial charge is 0.0492 e. The number of hydrogen-bond donors (Lipinski definition) is 0. The summed E-state index contributed by atoms with van der Waals surface area (Å²) in [6.07, 6.45) is 5.67. The van der Waals surface area contributed by atoms with Crippen LogP contribution < -0.4 is 0 Å². The molecule has 0 saturated heterocycles. The van der Waals surface area contributed by atoms with Gasteiger partial charge in [-0.15, -0.1) is 0 Å². The van der Waals surface area contributed by atoms with Crippen LogP contribution in [0.3, 0.4) is 0 Å². The van der Waals surface area contributed by atoms with Gasteiger partial charge in [-0.2, -0.15) is 5.10 Å². The Balaban J connectivity index is 2.20. The van der Waals surface area contributed by atoms with Crippen LogP contribution in [-0.2, 0) is 0 Å². The molecule has 0 spiro atoms. The predicted octanol–water partition coefficient (Wildman–Crippen LogP) is 1.87. The summed E-state index contributed by atoms with van der Waals surface area (Å²) in [7, 11) is 0. The molecule has 2 nitrogen and oxygen atoms in total. The first-order valence-corrected chi connectivity index (χ1v) is 4.13. The highest BCUT2D eigenvalue weighted by atomic mass is 15.5. The summed E-state index contributed by atoms with van der Waals surface area (Å²) in [5.74, 6) is 0. The van der Waals surface area contributed by atoms with E-state index in [0.29, 0.717) is 6.04 Å². The molecule has 1 aliphatic heterocycles. The van der Waals surface area contributed by atoms with Gasteiger partial charge in [-0.3, -0.25) is 5.01 Å². The summed E-state index contributed by atoms with van der Waals surface area (Å²) < 4.78 is 0. The number of hydrogen-bond acceptors (Lipinski definition) is 2. The van der Waals surface area contributed by atoms with E-state index in [9.17, 15) is 0 Å². The van der Waals surface area contributed by atoms with Crippen molar-refractivity contribution < 1.29 is 0 Å². The lowest BCUT2D eigenvalue weighted by molar-refractivity contribution is 0.241. The lowest BCUT2D eigenvalue weighted by Crippen LogP contribution is -2.24. The molecule has 0 aromatic rings. The van der Waals surface area contributed by atoms with Crippen LogP contribution in [0, 0.1) is 0 Å². The van der Waals surface area contributed by atoms with Crippen molar-refractivity contribution in [1.29, 1.82) is 0 Å². The van der Waals surface area contributed by atoms with Gasteiger partial charge in [0.15, 0.2) is 0 Å². The third-order valence-corrected chi connectivity index (χ3v) is 1.93. The maximum absolute atomic E-state index is 4.26. The summed E-state index contributed by atoms with van der Waals surface area (Å²) in [4.78, 5) is 0. The molecule has 1 heterocycles. The molecule has 1 rings (SSSR count). The molecule has 0 fully saturated rings. The van der Waals surface area contributed by atoms with Crippen molar-refractivity contribution in [3.8, 4) is 0 Å². The highest BCUT2D eigenvalue weighted by Crippen LogP contribution is 2.10. The second-order valence-electron chi connectivity index (χ2n) is 2.90. The molecular weight excluding hydrogens is 124 g/mol. The third kappa shape index (κ3) is 1.72. The molecule has 0 amide bonds. The average molecular weight is 140 g/mol. The van der Waals surface area contributed by atoms with Gasteiger partial charge in [0.25, 0.3) is 0 Å². The van der Waals surface area contributed by atoms with Crippen LogP contribution in [0.5, 0.6) is 0 Å². The van der Waals surface area contributed by atoms with Gasteiger partial charge in [-0.05, 0) is 13.3 Å². The fourth-order valence-electron chi connectivity index (χ4n) is 1.14. The Morgan fingerprint density at radius 3 is 3.00 bits per heavy atom. The van der Waals surface area contributed by atoms with Crippen molar-refractivity contribution in [1.82, 2.24) is 5.01 Å². The van der Waals surface area contributed by atoms with E-state index in [1.54, 1.807) is 0 Å². The highest BCUT2D eigenvalue weighted by molar-refractivity contribution is 5.59. The van der Waals surface area contributed by atoms with Crippen LogP contribution in [0.15, 0.2) is 5.10 Å². The summed E-state index contributed by atoms with van der Waals surface area (Å²) in [6.45, 7) is 5.57. The molecule has 0 bridgehead atoms. The van der Waals surface area contributed by atoms with Crippen molar-refractivity contribution in [2.24, 2.45) is 5.10 Å². The Morgan fingerprint density at radius 2 is 2.50 bits per heavy atom. The Labute approximate surface area is 62.9 Å². The van der Waals surface area contributed by atoms with Crippen LogP contribution in [0.2, 0.25) is 0 Å². The van der Waals surface area contributed by atoms with Gasteiger partial charge in [0.2, 0.25) is 0 Å². The molecular formula is C8H16N2. The monoisotopic (exact) mass is 140 g/mol. The minimum absolute atomic E-state index is 0.645. The number of nitrogens with zero attached hydrogens (tertiary/aromatic N) is 2. The quantitative estimate of drug-likeness (QED) is 0.584. The van der Waals surface area contributed by atoms with Crippen molar-refractivity contribution in [3.05, 3.63) is 0 Å². The normalized spacial score (nSPS) is 24.2. The highest BCUT2D eigenvalue weighted by Gasteiger charge is 2.13. The summed E-state index contributed by atoms with van der Waals surface area (Å²) in [6, 6.07) is 0.645. The van der Waals surface area contributed by atoms with Gasteiger partial charge in [-0.1, -0.05) is 13.3 Å². The molecule has 0 aliphatic carbocycles. The van der Waals surface area contributed by atoms with E-state index in [4.69, 9.17) is 0 Å². The van der Waals surface area contributed by atoms with E-state index in [1.165, 1.54) is 12.8 Å². The van der Waals surface area contributed by atoms with Crippen LogP contribution in [0.4, 0.5) is 0 Å². The number of unbranched alkanes of at least 4 members (excludes halogenated alkanes) is 1. The molecule has 1 atom stereocenters. The molecule has 0 radical (unpaired) electrons. The van der Waals surface area contributed by atoms with Crippen LogP contribution in [-0.4, -0.2) is 23.8 Å². The van der Waals surface area contributed by atoms with E-state index < -0.39 is 0 Å². The maximum Gasteiger partial charge on any atom is 0.0492 e. The second kappa shape index (κ2) is 3.59. The standard InChI is InChI=1S/C8H16N2/c1-3-4-7-10-8(2)5-6-9-10/h6,8H,3-5,7H2,1-2H3. The molecule has 10 heavy (non-hydrogen) atoms. The molecule has 0 aromatic carbocycles. The minimum atomic E-state index is 0.645. The Morgan fingerprint density at radius 1 is 1.70 bits per heavy atom. The van der Waals surface area contributed by atoms with E-state index in [0.717, 1.165) is 13.0 Å². The van der Waals surface area contributed by atoms with Gasteiger partial charge in [-0.25, -0.2) is 0 Å². The zero-order chi connectivity index (χ0) is 7.40. The summed E-state index contributed by atoms with van der Waals surface area (Å²) >= 11 is 0. The van der Waals surface area contributed by atoms with Crippen LogP contribution in [0.1, 0.15) is 33.1 Å². The SMILES string of the molecule is CCCCN1N=CCC1C. The minimum Gasteiger partial charge on any atom is -0.294 e. The zero-order valence-corrected chi connectivity index (χ0v) is 6.88. The number of hydrazone groups is 1. The first-order valence-electron chi connectivity index (χ1n) is 4.13.